The van der Waals surface area contributed by atoms with Crippen LogP contribution in [0.15, 0.2) is 46.9 Å². The normalized spacial score (nSPS) is 30.6. The maximum absolute atomic E-state index is 5.14. The third-order valence-electron chi connectivity index (χ3n) is 6.93. The molecule has 2 atom stereocenters. The van der Waals surface area contributed by atoms with Crippen molar-refractivity contribution in [2.45, 2.75) is 43.8 Å². The molecule has 1 aromatic rings. The Morgan fingerprint density at radius 2 is 1.85 bits per heavy atom. The highest BCUT2D eigenvalue weighted by molar-refractivity contribution is 5.86. The van der Waals surface area contributed by atoms with Crippen molar-refractivity contribution in [2.24, 2.45) is 4.99 Å². The molecule has 2 unspecified atom stereocenters. The number of fused-ring (bicyclic) bond motifs is 4. The number of aliphatic imine (C=N–C) groups is 1. The first kappa shape index (κ1) is 15.8. The van der Waals surface area contributed by atoms with Crippen molar-refractivity contribution in [3.63, 3.8) is 0 Å². The van der Waals surface area contributed by atoms with Gasteiger partial charge >= 0.3 is 0 Å². The zero-order valence-corrected chi connectivity index (χ0v) is 15.7. The van der Waals surface area contributed by atoms with E-state index in [1.54, 1.807) is 12.4 Å². The Morgan fingerprint density at radius 1 is 0.963 bits per heavy atom. The Hall–Kier alpha value is -2.21. The zero-order valence-electron chi connectivity index (χ0n) is 15.7. The monoisotopic (exact) mass is 362 g/mol. The highest BCUT2D eigenvalue weighted by Gasteiger charge is 2.40. The van der Waals surface area contributed by atoms with Crippen LogP contribution in [0, 0.1) is 0 Å². The van der Waals surface area contributed by atoms with Gasteiger partial charge in [0.1, 0.15) is 11.7 Å². The predicted octanol–water partition coefficient (Wildman–Crippen LogP) is 1.87. The lowest BCUT2D eigenvalue weighted by Crippen LogP contribution is -2.44. The van der Waals surface area contributed by atoms with Gasteiger partial charge in [-0.25, -0.2) is 4.98 Å². The van der Waals surface area contributed by atoms with Crippen LogP contribution >= 0.6 is 0 Å². The van der Waals surface area contributed by atoms with Crippen LogP contribution in [-0.4, -0.2) is 76.5 Å². The summed E-state index contributed by atoms with van der Waals surface area (Å²) in [6.45, 7) is 5.36. The number of rotatable bonds is 2. The van der Waals surface area contributed by atoms with E-state index >= 15 is 0 Å². The standard InChI is InChI=1S/C21H26N6/c1-2-17(3-1)25-7-4-20-24-18-10-15-13-26(21-12-22-5-6-23-21)14-16(15)11-19(18)27(20)9-8-25/h5-6,10-12,17-19H,1-4,7-9,13-14H2. The summed E-state index contributed by atoms with van der Waals surface area (Å²) >= 11 is 0. The summed E-state index contributed by atoms with van der Waals surface area (Å²) in [5.74, 6) is 2.31. The van der Waals surface area contributed by atoms with Crippen molar-refractivity contribution in [2.75, 3.05) is 37.6 Å². The third-order valence-corrected chi connectivity index (χ3v) is 6.93. The number of anilines is 1. The Morgan fingerprint density at radius 3 is 2.63 bits per heavy atom. The molecule has 27 heavy (non-hydrogen) atoms. The summed E-state index contributed by atoms with van der Waals surface area (Å²) in [5, 5.41) is 0. The average molecular weight is 362 g/mol. The van der Waals surface area contributed by atoms with E-state index in [0.717, 1.165) is 37.9 Å². The summed E-state index contributed by atoms with van der Waals surface area (Å²) in [6, 6.07) is 1.56. The summed E-state index contributed by atoms with van der Waals surface area (Å²) in [7, 11) is 0. The molecule has 0 amide bonds. The zero-order chi connectivity index (χ0) is 17.8. The van der Waals surface area contributed by atoms with Crippen molar-refractivity contribution in [1.29, 1.82) is 0 Å². The van der Waals surface area contributed by atoms with Crippen LogP contribution in [0.1, 0.15) is 25.7 Å². The van der Waals surface area contributed by atoms with Gasteiger partial charge in [-0.05, 0) is 24.0 Å². The molecule has 6 nitrogen and oxygen atoms in total. The number of nitrogens with zero attached hydrogens (tertiary/aromatic N) is 6. The molecule has 0 aromatic carbocycles. The first-order chi connectivity index (χ1) is 13.3. The highest BCUT2D eigenvalue weighted by atomic mass is 15.3. The largest absolute Gasteiger partial charge is 0.350 e. The molecule has 1 aromatic heterocycles. The number of amidine groups is 1. The molecule has 0 radical (unpaired) electrons. The van der Waals surface area contributed by atoms with Gasteiger partial charge in [0, 0.05) is 57.6 Å². The summed E-state index contributed by atoms with van der Waals surface area (Å²) < 4.78 is 0. The second-order valence-corrected chi connectivity index (χ2v) is 8.39. The van der Waals surface area contributed by atoms with Gasteiger partial charge in [0.25, 0.3) is 0 Å². The fraction of sp³-hybridized carbons (Fsp3) is 0.571. The second kappa shape index (κ2) is 6.16. The van der Waals surface area contributed by atoms with Gasteiger partial charge in [0.05, 0.1) is 18.3 Å². The van der Waals surface area contributed by atoms with E-state index < -0.39 is 0 Å². The van der Waals surface area contributed by atoms with Crippen molar-refractivity contribution in [3.05, 3.63) is 41.9 Å². The molecule has 140 valence electrons. The van der Waals surface area contributed by atoms with Crippen LogP contribution in [0.4, 0.5) is 5.82 Å². The molecule has 4 heterocycles. The van der Waals surface area contributed by atoms with E-state index in [-0.39, 0.29) is 0 Å². The van der Waals surface area contributed by atoms with Gasteiger partial charge in [-0.15, -0.1) is 0 Å². The quantitative estimate of drug-likeness (QED) is 0.804. The Labute approximate surface area is 160 Å². The van der Waals surface area contributed by atoms with Crippen LogP contribution in [0.2, 0.25) is 0 Å². The Kier molecular flexibility index (Phi) is 3.61. The molecule has 2 aliphatic carbocycles. The minimum absolute atomic E-state index is 0.302. The van der Waals surface area contributed by atoms with Gasteiger partial charge < -0.3 is 9.80 Å². The van der Waals surface area contributed by atoms with E-state index in [0.29, 0.717) is 12.1 Å². The summed E-state index contributed by atoms with van der Waals surface area (Å²) in [4.78, 5) is 21.5. The van der Waals surface area contributed by atoms with Crippen molar-refractivity contribution in [1.82, 2.24) is 19.8 Å². The van der Waals surface area contributed by atoms with Crippen molar-refractivity contribution in [3.8, 4) is 0 Å². The fourth-order valence-electron chi connectivity index (χ4n) is 5.22. The smallest absolute Gasteiger partial charge is 0.147 e. The Balaban J connectivity index is 1.22. The first-order valence-electron chi connectivity index (χ1n) is 10.4. The molecule has 1 saturated carbocycles. The SMILES string of the molecule is C1=C2CN(c3cnccn3)CC2=CC2C1N=C1CCN(C3CCC3)CCN12. The first-order valence-corrected chi connectivity index (χ1v) is 10.4. The minimum Gasteiger partial charge on any atom is -0.350 e. The van der Waals surface area contributed by atoms with Crippen molar-refractivity contribution >= 4 is 11.7 Å². The summed E-state index contributed by atoms with van der Waals surface area (Å²) in [5.41, 5.74) is 2.89. The molecule has 0 N–H and O–H groups in total. The molecular weight excluding hydrogens is 336 g/mol. The molecule has 6 heteroatoms. The van der Waals surface area contributed by atoms with Gasteiger partial charge in [0.15, 0.2) is 0 Å². The number of hydrogen-bond donors (Lipinski definition) is 0. The van der Waals surface area contributed by atoms with Gasteiger partial charge in [-0.3, -0.25) is 14.9 Å². The predicted molar refractivity (Wildman–Crippen MR) is 106 cm³/mol. The Bertz CT molecular complexity index is 824. The van der Waals surface area contributed by atoms with Gasteiger partial charge in [0.2, 0.25) is 0 Å². The third kappa shape index (κ3) is 2.61. The minimum atomic E-state index is 0.302. The van der Waals surface area contributed by atoms with Crippen LogP contribution in [0.3, 0.4) is 0 Å². The topological polar surface area (TPSA) is 47.9 Å². The van der Waals surface area contributed by atoms with Crippen LogP contribution < -0.4 is 4.90 Å². The van der Waals surface area contributed by atoms with Crippen LogP contribution in [0.5, 0.6) is 0 Å². The lowest BCUT2D eigenvalue weighted by atomic mass is 9.91. The highest BCUT2D eigenvalue weighted by Crippen LogP contribution is 2.36. The van der Waals surface area contributed by atoms with Crippen LogP contribution in [-0.2, 0) is 0 Å². The molecule has 6 rings (SSSR count). The van der Waals surface area contributed by atoms with E-state index in [2.05, 4.69) is 36.8 Å². The number of hydrogen-bond acceptors (Lipinski definition) is 6. The molecule has 3 fully saturated rings. The molecule has 0 spiro atoms. The lowest BCUT2D eigenvalue weighted by Gasteiger charge is -2.37. The molecule has 3 aliphatic heterocycles. The van der Waals surface area contributed by atoms with E-state index in [9.17, 15) is 0 Å². The van der Waals surface area contributed by atoms with E-state index in [1.165, 1.54) is 49.3 Å². The van der Waals surface area contributed by atoms with E-state index in [4.69, 9.17) is 4.99 Å². The van der Waals surface area contributed by atoms with Gasteiger partial charge in [-0.1, -0.05) is 18.6 Å². The fourth-order valence-corrected chi connectivity index (χ4v) is 5.22. The lowest BCUT2D eigenvalue weighted by molar-refractivity contribution is 0.129. The van der Waals surface area contributed by atoms with E-state index in [1.807, 2.05) is 6.20 Å². The maximum Gasteiger partial charge on any atom is 0.147 e. The second-order valence-electron chi connectivity index (χ2n) is 8.39. The molecule has 2 saturated heterocycles. The van der Waals surface area contributed by atoms with Crippen molar-refractivity contribution < 1.29 is 0 Å². The molecular formula is C21H26N6. The van der Waals surface area contributed by atoms with Crippen LogP contribution in [0.25, 0.3) is 0 Å². The molecule has 0 bridgehead atoms. The number of aromatic nitrogens is 2. The maximum atomic E-state index is 5.14. The van der Waals surface area contributed by atoms with Gasteiger partial charge in [-0.2, -0.15) is 0 Å². The molecule has 5 aliphatic rings. The average Bonchev–Trinajstić information content (AvgIpc) is 3.15. The summed E-state index contributed by atoms with van der Waals surface area (Å²) in [6.07, 6.45) is 15.6.